The van der Waals surface area contributed by atoms with Gasteiger partial charge in [0.2, 0.25) is 0 Å². The zero-order chi connectivity index (χ0) is 10.4. The third-order valence-electron chi connectivity index (χ3n) is 1.08. The number of rotatable bonds is 6. The van der Waals surface area contributed by atoms with Crippen LogP contribution >= 0.6 is 0 Å². The fraction of sp³-hybridized carbons (Fsp3) is 0.500. The quantitative estimate of drug-likeness (QED) is 0.394. The molecule has 8 heteroatoms. The number of aliphatic carboxylic acids is 3. The summed E-state index contributed by atoms with van der Waals surface area (Å²) < 4.78 is 0. The van der Waals surface area contributed by atoms with Gasteiger partial charge in [0.1, 0.15) is 0 Å². The summed E-state index contributed by atoms with van der Waals surface area (Å²) in [6.45, 7) is -1.80. The van der Waals surface area contributed by atoms with Gasteiger partial charge in [-0.05, 0) is 0 Å². The van der Waals surface area contributed by atoms with Crippen molar-refractivity contribution >= 4 is 17.9 Å². The molecule has 0 atom stereocenters. The van der Waals surface area contributed by atoms with Crippen molar-refractivity contribution in [3.63, 3.8) is 0 Å². The molecule has 0 aliphatic carbocycles. The molecule has 0 aliphatic heterocycles. The van der Waals surface area contributed by atoms with Crippen molar-refractivity contribution in [2.75, 3.05) is 19.6 Å². The summed E-state index contributed by atoms with van der Waals surface area (Å²) in [5.41, 5.74) is 0. The van der Waals surface area contributed by atoms with Crippen LogP contribution in [0.2, 0.25) is 0 Å². The minimum absolute atomic E-state index is 0. The Balaban J connectivity index is 0. The van der Waals surface area contributed by atoms with Gasteiger partial charge in [-0.2, -0.15) is 0 Å². The van der Waals surface area contributed by atoms with E-state index in [1.54, 1.807) is 0 Å². The third-order valence-corrected chi connectivity index (χ3v) is 1.08. The molecule has 0 aromatic rings. The van der Waals surface area contributed by atoms with Crippen LogP contribution < -0.4 is 51.4 Å². The number of carboxylic acid groups (broad SMARTS) is 3. The Morgan fingerprint density at radius 3 is 1.14 bits per heavy atom. The van der Waals surface area contributed by atoms with Gasteiger partial charge in [-0.1, -0.05) is 0 Å². The van der Waals surface area contributed by atoms with Gasteiger partial charge >= 0.3 is 69.3 Å². The molecule has 0 unspecified atom stereocenters. The molecule has 0 radical (unpaired) electrons. The molecule has 0 aromatic carbocycles. The first kappa shape index (κ1) is 16.4. The van der Waals surface area contributed by atoms with Crippen molar-refractivity contribution in [3.8, 4) is 0 Å². The van der Waals surface area contributed by atoms with E-state index >= 15 is 0 Å². The normalized spacial score (nSPS) is 9.21. The summed E-state index contributed by atoms with van der Waals surface area (Å²) in [5.74, 6) is -3.78. The molecule has 7 nitrogen and oxygen atoms in total. The number of carbonyl (C=O) groups is 3. The molecule has 0 aromatic heterocycles. The van der Waals surface area contributed by atoms with E-state index in [0.717, 1.165) is 4.90 Å². The first-order valence-corrected chi connectivity index (χ1v) is 3.29. The second-order valence-electron chi connectivity index (χ2n) is 2.33. The largest absolute Gasteiger partial charge is 1.00 e. The maximum atomic E-state index is 10.1. The molecule has 0 amide bonds. The Hall–Kier alpha value is 0.00636. The van der Waals surface area contributed by atoms with Crippen LogP contribution in [0.3, 0.4) is 0 Å². The van der Waals surface area contributed by atoms with E-state index in [0.29, 0.717) is 0 Å². The molecule has 14 heavy (non-hydrogen) atoms. The van der Waals surface area contributed by atoms with E-state index in [1.807, 2.05) is 0 Å². The van der Waals surface area contributed by atoms with Gasteiger partial charge in [0.25, 0.3) is 0 Å². The zero-order valence-corrected chi connectivity index (χ0v) is 10.8. The molecule has 0 heterocycles. The minimum atomic E-state index is -1.26. The van der Waals surface area contributed by atoms with Gasteiger partial charge in [0.05, 0.1) is 19.6 Å². The summed E-state index contributed by atoms with van der Waals surface area (Å²) >= 11 is 0. The fourth-order valence-corrected chi connectivity index (χ4v) is 0.742. The average molecular weight is 230 g/mol. The molecule has 0 saturated heterocycles. The van der Waals surface area contributed by atoms with E-state index in [4.69, 9.17) is 15.3 Å². The van der Waals surface area contributed by atoms with Crippen molar-refractivity contribution < 1.29 is 81.1 Å². The van der Waals surface area contributed by atoms with Crippen molar-refractivity contribution in [1.82, 2.24) is 4.90 Å². The molecular weight excluding hydrogens is 221 g/mol. The molecule has 3 N–H and O–H groups in total. The van der Waals surface area contributed by atoms with Gasteiger partial charge in [-0.25, -0.2) is 0 Å². The Kier molecular flexibility index (Phi) is 9.77. The number of nitrogens with zero attached hydrogens (tertiary/aromatic N) is 1. The summed E-state index contributed by atoms with van der Waals surface area (Å²) in [4.78, 5) is 31.2. The number of hydrogen-bond acceptors (Lipinski definition) is 4. The van der Waals surface area contributed by atoms with Crippen LogP contribution in [-0.2, 0) is 14.4 Å². The Morgan fingerprint density at radius 1 is 0.786 bits per heavy atom. The van der Waals surface area contributed by atoms with E-state index < -0.39 is 37.5 Å². The Labute approximate surface area is 122 Å². The SMILES string of the molecule is O=C(O)CN(CC(=O)O)CC(=O)O.[K+]. The van der Waals surface area contributed by atoms with Gasteiger partial charge in [-0.3, -0.25) is 19.3 Å². The number of hydrogen-bond donors (Lipinski definition) is 3. The smallest absolute Gasteiger partial charge is 0.480 e. The monoisotopic (exact) mass is 230 g/mol. The van der Waals surface area contributed by atoms with Crippen molar-refractivity contribution in [3.05, 3.63) is 0 Å². The Bertz CT molecular complexity index is 192. The maximum Gasteiger partial charge on any atom is 1.00 e. The second kappa shape index (κ2) is 8.33. The van der Waals surface area contributed by atoms with Gasteiger partial charge < -0.3 is 15.3 Å². The molecule has 0 aliphatic rings. The molecular formula is C6H9KNO6+. The maximum absolute atomic E-state index is 10.1. The van der Waals surface area contributed by atoms with Crippen molar-refractivity contribution in [2.24, 2.45) is 0 Å². The molecule has 0 rings (SSSR count). The summed E-state index contributed by atoms with van der Waals surface area (Å²) in [6.07, 6.45) is 0. The standard InChI is InChI=1S/C6H9NO6.K/c8-4(9)1-7(2-5(10)11)3-6(12)13;/h1-3H2,(H,8,9)(H,10,11)(H,12,13);/q;+1. The van der Waals surface area contributed by atoms with E-state index in [-0.39, 0.29) is 51.4 Å². The predicted octanol–water partition coefficient (Wildman–Crippen LogP) is -4.45. The van der Waals surface area contributed by atoms with Gasteiger partial charge in [0.15, 0.2) is 0 Å². The molecule has 0 spiro atoms. The van der Waals surface area contributed by atoms with E-state index in [2.05, 4.69) is 0 Å². The van der Waals surface area contributed by atoms with Crippen molar-refractivity contribution in [1.29, 1.82) is 0 Å². The predicted molar refractivity (Wildman–Crippen MR) is 39.3 cm³/mol. The van der Waals surface area contributed by atoms with Crippen LogP contribution in [0.1, 0.15) is 0 Å². The van der Waals surface area contributed by atoms with Crippen LogP contribution in [0.4, 0.5) is 0 Å². The number of carboxylic acids is 3. The summed E-state index contributed by atoms with van der Waals surface area (Å²) in [6, 6.07) is 0. The minimum Gasteiger partial charge on any atom is -0.480 e. The van der Waals surface area contributed by atoms with Crippen molar-refractivity contribution in [2.45, 2.75) is 0 Å². The fourth-order valence-electron chi connectivity index (χ4n) is 0.742. The summed E-state index contributed by atoms with van der Waals surface area (Å²) in [5, 5.41) is 24.8. The van der Waals surface area contributed by atoms with Crippen LogP contribution in [0.15, 0.2) is 0 Å². The van der Waals surface area contributed by atoms with Gasteiger partial charge in [-0.15, -0.1) is 0 Å². The second-order valence-corrected chi connectivity index (χ2v) is 2.33. The average Bonchev–Trinajstić information content (AvgIpc) is 1.80. The van der Waals surface area contributed by atoms with E-state index in [1.165, 1.54) is 0 Å². The zero-order valence-electron chi connectivity index (χ0n) is 7.63. The first-order valence-electron chi connectivity index (χ1n) is 3.29. The van der Waals surface area contributed by atoms with Crippen LogP contribution in [0.5, 0.6) is 0 Å². The molecule has 0 saturated carbocycles. The van der Waals surface area contributed by atoms with Crippen LogP contribution in [-0.4, -0.2) is 57.8 Å². The molecule has 0 fully saturated rings. The third kappa shape index (κ3) is 10.1. The van der Waals surface area contributed by atoms with E-state index in [9.17, 15) is 14.4 Å². The summed E-state index contributed by atoms with van der Waals surface area (Å²) in [7, 11) is 0. The molecule has 74 valence electrons. The van der Waals surface area contributed by atoms with Gasteiger partial charge in [0, 0.05) is 0 Å². The topological polar surface area (TPSA) is 115 Å². The van der Waals surface area contributed by atoms with Crippen LogP contribution in [0, 0.1) is 0 Å². The first-order chi connectivity index (χ1) is 5.91. The van der Waals surface area contributed by atoms with Crippen LogP contribution in [0.25, 0.3) is 0 Å². The Morgan fingerprint density at radius 2 is 1.00 bits per heavy atom. The molecule has 0 bridgehead atoms.